The molecule has 1 aliphatic rings. The standard InChI is InChI=1S/C13H14Br2N4/c14-9-4-5-10(15)11(7-9)16-8-13-18-17-12-3-1-2-6-19(12)13/h4-5,7,16H,1-3,6,8H2. The summed E-state index contributed by atoms with van der Waals surface area (Å²) in [4.78, 5) is 0. The second-order valence-corrected chi connectivity index (χ2v) is 6.39. The summed E-state index contributed by atoms with van der Waals surface area (Å²) in [5.74, 6) is 2.14. The molecule has 0 fully saturated rings. The monoisotopic (exact) mass is 384 g/mol. The smallest absolute Gasteiger partial charge is 0.152 e. The summed E-state index contributed by atoms with van der Waals surface area (Å²) in [5.41, 5.74) is 1.06. The highest BCUT2D eigenvalue weighted by Gasteiger charge is 2.15. The Bertz CT molecular complexity index is 594. The van der Waals surface area contributed by atoms with Crippen molar-refractivity contribution < 1.29 is 0 Å². The number of fused-ring (bicyclic) bond motifs is 1. The van der Waals surface area contributed by atoms with E-state index in [1.165, 1.54) is 12.8 Å². The molecule has 0 aliphatic carbocycles. The second-order valence-electron chi connectivity index (χ2n) is 4.62. The predicted molar refractivity (Wildman–Crippen MR) is 82.1 cm³/mol. The van der Waals surface area contributed by atoms with E-state index in [0.29, 0.717) is 6.54 Å². The summed E-state index contributed by atoms with van der Waals surface area (Å²) in [5, 5.41) is 12.0. The van der Waals surface area contributed by atoms with Crippen LogP contribution in [0.25, 0.3) is 0 Å². The van der Waals surface area contributed by atoms with Crippen molar-refractivity contribution >= 4 is 37.5 Å². The number of aryl methyl sites for hydroxylation is 1. The number of nitrogens with zero attached hydrogens (tertiary/aromatic N) is 3. The van der Waals surface area contributed by atoms with Crippen LogP contribution in [0.5, 0.6) is 0 Å². The van der Waals surface area contributed by atoms with Gasteiger partial charge in [-0.15, -0.1) is 10.2 Å². The number of benzene rings is 1. The van der Waals surface area contributed by atoms with Crippen LogP contribution in [0.1, 0.15) is 24.5 Å². The first-order valence-electron chi connectivity index (χ1n) is 6.34. The Hall–Kier alpha value is -0.880. The molecule has 0 bridgehead atoms. The topological polar surface area (TPSA) is 42.7 Å². The number of hydrogen-bond donors (Lipinski definition) is 1. The van der Waals surface area contributed by atoms with E-state index in [0.717, 1.165) is 39.2 Å². The molecule has 1 aromatic heterocycles. The summed E-state index contributed by atoms with van der Waals surface area (Å²) < 4.78 is 4.35. The van der Waals surface area contributed by atoms with E-state index in [2.05, 4.69) is 58.0 Å². The molecule has 1 N–H and O–H groups in total. The average molecular weight is 386 g/mol. The van der Waals surface area contributed by atoms with E-state index < -0.39 is 0 Å². The Morgan fingerprint density at radius 3 is 3.00 bits per heavy atom. The van der Waals surface area contributed by atoms with Crippen LogP contribution in [0.3, 0.4) is 0 Å². The summed E-state index contributed by atoms with van der Waals surface area (Å²) in [7, 11) is 0. The molecule has 4 nitrogen and oxygen atoms in total. The number of anilines is 1. The van der Waals surface area contributed by atoms with Crippen molar-refractivity contribution in [3.8, 4) is 0 Å². The van der Waals surface area contributed by atoms with Gasteiger partial charge in [0, 0.05) is 27.6 Å². The van der Waals surface area contributed by atoms with Crippen LogP contribution in [0.4, 0.5) is 5.69 Å². The lowest BCUT2D eigenvalue weighted by atomic mass is 10.2. The fourth-order valence-electron chi connectivity index (χ4n) is 2.31. The molecule has 0 amide bonds. The van der Waals surface area contributed by atoms with Gasteiger partial charge in [-0.25, -0.2) is 0 Å². The molecule has 3 rings (SSSR count). The SMILES string of the molecule is Brc1ccc(Br)c(NCc2nnc3n2CCCC3)c1. The Balaban J connectivity index is 1.75. The van der Waals surface area contributed by atoms with Crippen molar-refractivity contribution in [3.05, 3.63) is 38.8 Å². The molecule has 19 heavy (non-hydrogen) atoms. The van der Waals surface area contributed by atoms with Gasteiger partial charge < -0.3 is 9.88 Å². The van der Waals surface area contributed by atoms with Crippen LogP contribution >= 0.6 is 31.9 Å². The number of rotatable bonds is 3. The first-order valence-corrected chi connectivity index (χ1v) is 7.92. The molecule has 0 unspecified atom stereocenters. The van der Waals surface area contributed by atoms with E-state index in [-0.39, 0.29) is 0 Å². The van der Waals surface area contributed by atoms with Crippen molar-refractivity contribution in [1.82, 2.24) is 14.8 Å². The summed E-state index contributed by atoms with van der Waals surface area (Å²) in [6.45, 7) is 1.74. The molecular formula is C13H14Br2N4. The molecule has 0 saturated carbocycles. The largest absolute Gasteiger partial charge is 0.377 e. The van der Waals surface area contributed by atoms with Crippen molar-refractivity contribution in [2.24, 2.45) is 0 Å². The molecule has 6 heteroatoms. The van der Waals surface area contributed by atoms with Crippen LogP contribution in [0.2, 0.25) is 0 Å². The van der Waals surface area contributed by atoms with Crippen molar-refractivity contribution in [1.29, 1.82) is 0 Å². The van der Waals surface area contributed by atoms with E-state index in [9.17, 15) is 0 Å². The highest BCUT2D eigenvalue weighted by molar-refractivity contribution is 9.11. The molecule has 2 aromatic rings. The summed E-state index contributed by atoms with van der Waals surface area (Å²) >= 11 is 7.02. The number of hydrogen-bond acceptors (Lipinski definition) is 3. The summed E-state index contributed by atoms with van der Waals surface area (Å²) in [6.07, 6.45) is 3.49. The maximum Gasteiger partial charge on any atom is 0.152 e. The fraction of sp³-hybridized carbons (Fsp3) is 0.385. The Morgan fingerprint density at radius 2 is 2.11 bits per heavy atom. The molecular weight excluding hydrogens is 372 g/mol. The Morgan fingerprint density at radius 1 is 1.21 bits per heavy atom. The third kappa shape index (κ3) is 2.84. The number of halogens is 2. The fourth-order valence-corrected chi connectivity index (χ4v) is 3.05. The lowest BCUT2D eigenvalue weighted by Crippen LogP contribution is -2.15. The first kappa shape index (κ1) is 13.1. The molecule has 1 aromatic carbocycles. The lowest BCUT2D eigenvalue weighted by molar-refractivity contribution is 0.510. The minimum absolute atomic E-state index is 0.696. The van der Waals surface area contributed by atoms with Gasteiger partial charge in [0.25, 0.3) is 0 Å². The van der Waals surface area contributed by atoms with Gasteiger partial charge in [0.1, 0.15) is 5.82 Å². The Labute approximate surface area is 128 Å². The van der Waals surface area contributed by atoms with Crippen molar-refractivity contribution in [2.45, 2.75) is 32.4 Å². The minimum Gasteiger partial charge on any atom is -0.377 e. The van der Waals surface area contributed by atoms with Crippen molar-refractivity contribution in [2.75, 3.05) is 5.32 Å². The van der Waals surface area contributed by atoms with Gasteiger partial charge in [-0.05, 0) is 47.0 Å². The number of aromatic nitrogens is 3. The Kier molecular flexibility index (Phi) is 3.88. The second kappa shape index (κ2) is 5.63. The third-order valence-corrected chi connectivity index (χ3v) is 4.49. The van der Waals surface area contributed by atoms with E-state index in [1.807, 2.05) is 12.1 Å². The minimum atomic E-state index is 0.696. The molecule has 0 spiro atoms. The van der Waals surface area contributed by atoms with Gasteiger partial charge in [-0.1, -0.05) is 15.9 Å². The van der Waals surface area contributed by atoms with Gasteiger partial charge in [0.15, 0.2) is 5.82 Å². The molecule has 0 radical (unpaired) electrons. The van der Waals surface area contributed by atoms with Gasteiger partial charge in [-0.2, -0.15) is 0 Å². The lowest BCUT2D eigenvalue weighted by Gasteiger charge is -2.15. The van der Waals surface area contributed by atoms with Gasteiger partial charge >= 0.3 is 0 Å². The van der Waals surface area contributed by atoms with E-state index >= 15 is 0 Å². The van der Waals surface area contributed by atoms with Crippen LogP contribution < -0.4 is 5.32 Å². The zero-order valence-corrected chi connectivity index (χ0v) is 13.5. The van der Waals surface area contributed by atoms with Crippen LogP contribution in [0.15, 0.2) is 27.1 Å². The zero-order chi connectivity index (χ0) is 13.2. The van der Waals surface area contributed by atoms with Crippen LogP contribution in [-0.4, -0.2) is 14.8 Å². The van der Waals surface area contributed by atoms with E-state index in [4.69, 9.17) is 0 Å². The van der Waals surface area contributed by atoms with Gasteiger partial charge in [0.05, 0.1) is 6.54 Å². The predicted octanol–water partition coefficient (Wildman–Crippen LogP) is 3.75. The van der Waals surface area contributed by atoms with Crippen molar-refractivity contribution in [3.63, 3.8) is 0 Å². The average Bonchev–Trinajstić information content (AvgIpc) is 2.83. The molecule has 1 aliphatic heterocycles. The third-order valence-electron chi connectivity index (χ3n) is 3.30. The van der Waals surface area contributed by atoms with Crippen LogP contribution in [0, 0.1) is 0 Å². The molecule has 0 saturated heterocycles. The van der Waals surface area contributed by atoms with Gasteiger partial charge in [-0.3, -0.25) is 0 Å². The van der Waals surface area contributed by atoms with Crippen LogP contribution in [-0.2, 0) is 19.5 Å². The highest BCUT2D eigenvalue weighted by Crippen LogP contribution is 2.26. The highest BCUT2D eigenvalue weighted by atomic mass is 79.9. The molecule has 0 atom stereocenters. The maximum atomic E-state index is 4.29. The quantitative estimate of drug-likeness (QED) is 0.874. The first-order chi connectivity index (χ1) is 9.24. The summed E-state index contributed by atoms with van der Waals surface area (Å²) in [6, 6.07) is 6.08. The zero-order valence-electron chi connectivity index (χ0n) is 10.4. The van der Waals surface area contributed by atoms with Gasteiger partial charge in [0.2, 0.25) is 0 Å². The normalized spacial score (nSPS) is 14.2. The molecule has 2 heterocycles. The maximum absolute atomic E-state index is 4.29. The van der Waals surface area contributed by atoms with E-state index in [1.54, 1.807) is 0 Å². The molecule has 100 valence electrons. The number of nitrogens with one attached hydrogen (secondary N) is 1.